The molecule has 8 heteroatoms. The fourth-order valence-corrected chi connectivity index (χ4v) is 3.22. The molecule has 2 aromatic carbocycles. The molecule has 3 rings (SSSR count). The largest absolute Gasteiger partial charge is 0.418 e. The smallest absolute Gasteiger partial charge is 0.327 e. The second-order valence-corrected chi connectivity index (χ2v) is 6.66. The van der Waals surface area contributed by atoms with Gasteiger partial charge in [-0.1, -0.05) is 43.3 Å². The number of nitrogens with one attached hydrogen (secondary N) is 3. The van der Waals surface area contributed by atoms with Gasteiger partial charge >= 0.3 is 12.2 Å². The molecule has 0 radical (unpaired) electrons. The van der Waals surface area contributed by atoms with Crippen LogP contribution in [0.4, 0.5) is 23.7 Å². The Hall–Kier alpha value is -3.29. The second kappa shape index (κ2) is 7.98. The van der Waals surface area contributed by atoms with Crippen molar-refractivity contribution in [3.8, 4) is 0 Å². The first-order chi connectivity index (χ1) is 13.7. The Labute approximate surface area is 166 Å². The number of hydrogen-bond donors (Lipinski definition) is 3. The fourth-order valence-electron chi connectivity index (χ4n) is 3.22. The molecular weight excluding hydrogens is 383 g/mol. The van der Waals surface area contributed by atoms with Gasteiger partial charge in [-0.05, 0) is 36.6 Å². The molecule has 29 heavy (non-hydrogen) atoms. The number of benzene rings is 2. The summed E-state index contributed by atoms with van der Waals surface area (Å²) in [6, 6.07) is 10.8. The molecule has 1 aliphatic heterocycles. The van der Waals surface area contributed by atoms with E-state index in [1.165, 1.54) is 25.1 Å². The summed E-state index contributed by atoms with van der Waals surface area (Å²) in [7, 11) is 0. The third kappa shape index (κ3) is 4.42. The summed E-state index contributed by atoms with van der Waals surface area (Å²) in [5, 5.41) is 7.53. The monoisotopic (exact) mass is 403 g/mol. The van der Waals surface area contributed by atoms with Crippen molar-refractivity contribution in [2.45, 2.75) is 32.5 Å². The van der Waals surface area contributed by atoms with E-state index in [1.54, 1.807) is 12.1 Å². The number of aryl methyl sites for hydroxylation is 1. The van der Waals surface area contributed by atoms with Gasteiger partial charge in [0.05, 0.1) is 22.9 Å². The highest BCUT2D eigenvalue weighted by Crippen LogP contribution is 2.35. The molecule has 0 spiro atoms. The van der Waals surface area contributed by atoms with E-state index in [0.29, 0.717) is 5.56 Å². The van der Waals surface area contributed by atoms with Gasteiger partial charge in [0.15, 0.2) is 0 Å². The molecular formula is C21H20F3N3O2. The molecule has 2 aromatic rings. The highest BCUT2D eigenvalue weighted by Gasteiger charge is 2.35. The van der Waals surface area contributed by atoms with Gasteiger partial charge in [-0.2, -0.15) is 13.2 Å². The molecule has 1 heterocycles. The molecule has 1 atom stereocenters. The third-order valence-corrected chi connectivity index (χ3v) is 4.72. The van der Waals surface area contributed by atoms with Gasteiger partial charge in [0, 0.05) is 5.70 Å². The summed E-state index contributed by atoms with van der Waals surface area (Å²) >= 11 is 0. The lowest BCUT2D eigenvalue weighted by Crippen LogP contribution is -2.46. The standard InChI is InChI=1S/C21H20F3N3O2/c1-3-13-8-10-14(11-9-13)18-17(12(2)25-20(29)27-18)19(28)26-16-7-5-4-6-15(16)21(22,23)24/h4-11,18H,3H2,1-2H3,(H,26,28)(H2,25,27,29). The number of anilines is 1. The van der Waals surface area contributed by atoms with Crippen LogP contribution in [0, 0.1) is 0 Å². The normalized spacial score (nSPS) is 16.9. The zero-order valence-electron chi connectivity index (χ0n) is 15.9. The molecule has 0 fully saturated rings. The first kappa shape index (κ1) is 20.4. The van der Waals surface area contributed by atoms with Gasteiger partial charge in [0.25, 0.3) is 5.91 Å². The molecule has 0 saturated heterocycles. The molecule has 5 nitrogen and oxygen atoms in total. The first-order valence-corrected chi connectivity index (χ1v) is 9.05. The van der Waals surface area contributed by atoms with Gasteiger partial charge < -0.3 is 16.0 Å². The highest BCUT2D eigenvalue weighted by molar-refractivity contribution is 6.07. The molecule has 0 bridgehead atoms. The maximum absolute atomic E-state index is 13.2. The average molecular weight is 403 g/mol. The number of hydrogen-bond acceptors (Lipinski definition) is 2. The van der Waals surface area contributed by atoms with Crippen LogP contribution in [-0.4, -0.2) is 11.9 Å². The lowest BCUT2D eigenvalue weighted by atomic mass is 9.93. The van der Waals surface area contributed by atoms with Crippen molar-refractivity contribution in [2.24, 2.45) is 0 Å². The molecule has 3 amide bonds. The predicted octanol–water partition coefficient (Wildman–Crippen LogP) is 4.53. The predicted molar refractivity (Wildman–Crippen MR) is 103 cm³/mol. The number of para-hydroxylation sites is 1. The van der Waals surface area contributed by atoms with E-state index in [1.807, 2.05) is 19.1 Å². The van der Waals surface area contributed by atoms with Crippen molar-refractivity contribution >= 4 is 17.6 Å². The molecule has 3 N–H and O–H groups in total. The molecule has 1 unspecified atom stereocenters. The van der Waals surface area contributed by atoms with Crippen LogP contribution in [0.3, 0.4) is 0 Å². The topological polar surface area (TPSA) is 70.2 Å². The van der Waals surface area contributed by atoms with Gasteiger partial charge in [-0.3, -0.25) is 4.79 Å². The van der Waals surface area contributed by atoms with E-state index >= 15 is 0 Å². The zero-order valence-corrected chi connectivity index (χ0v) is 15.9. The number of urea groups is 1. The molecule has 0 aromatic heterocycles. The summed E-state index contributed by atoms with van der Waals surface area (Å²) in [6.07, 6.45) is -3.78. The van der Waals surface area contributed by atoms with Crippen LogP contribution >= 0.6 is 0 Å². The van der Waals surface area contributed by atoms with Gasteiger partial charge in [0.1, 0.15) is 0 Å². The summed E-state index contributed by atoms with van der Waals surface area (Å²) in [5.74, 6) is -0.726. The van der Waals surface area contributed by atoms with Crippen molar-refractivity contribution in [2.75, 3.05) is 5.32 Å². The quantitative estimate of drug-likeness (QED) is 0.702. The number of carbonyl (C=O) groups excluding carboxylic acids is 2. The number of allylic oxidation sites excluding steroid dienone is 1. The number of alkyl halides is 3. The minimum Gasteiger partial charge on any atom is -0.327 e. The van der Waals surface area contributed by atoms with Crippen molar-refractivity contribution in [1.29, 1.82) is 0 Å². The Bertz CT molecular complexity index is 966. The summed E-state index contributed by atoms with van der Waals surface area (Å²) < 4.78 is 39.7. The van der Waals surface area contributed by atoms with E-state index < -0.39 is 29.7 Å². The van der Waals surface area contributed by atoms with Crippen LogP contribution in [0.2, 0.25) is 0 Å². The zero-order chi connectivity index (χ0) is 21.2. The minimum atomic E-state index is -4.61. The van der Waals surface area contributed by atoms with Crippen LogP contribution in [-0.2, 0) is 17.4 Å². The van der Waals surface area contributed by atoms with Crippen LogP contribution in [0.25, 0.3) is 0 Å². The van der Waals surface area contributed by atoms with E-state index in [-0.39, 0.29) is 17.0 Å². The Balaban J connectivity index is 1.96. The molecule has 0 aliphatic carbocycles. The summed E-state index contributed by atoms with van der Waals surface area (Å²) in [4.78, 5) is 24.9. The maximum atomic E-state index is 13.2. The molecule has 152 valence electrons. The number of rotatable bonds is 4. The number of amides is 3. The van der Waals surface area contributed by atoms with E-state index in [4.69, 9.17) is 0 Å². The van der Waals surface area contributed by atoms with Gasteiger partial charge in [-0.15, -0.1) is 0 Å². The molecule has 1 aliphatic rings. The van der Waals surface area contributed by atoms with Crippen molar-refractivity contribution in [3.63, 3.8) is 0 Å². The van der Waals surface area contributed by atoms with Crippen LogP contribution < -0.4 is 16.0 Å². The highest BCUT2D eigenvalue weighted by atomic mass is 19.4. The Morgan fingerprint density at radius 3 is 2.38 bits per heavy atom. The average Bonchev–Trinajstić information content (AvgIpc) is 2.67. The summed E-state index contributed by atoms with van der Waals surface area (Å²) in [6.45, 7) is 3.54. The minimum absolute atomic E-state index is 0.144. The van der Waals surface area contributed by atoms with E-state index in [2.05, 4.69) is 16.0 Å². The third-order valence-electron chi connectivity index (χ3n) is 4.72. The number of carbonyl (C=O) groups is 2. The Kier molecular flexibility index (Phi) is 5.63. The van der Waals surface area contributed by atoms with Crippen molar-refractivity contribution in [3.05, 3.63) is 76.5 Å². The van der Waals surface area contributed by atoms with Crippen molar-refractivity contribution in [1.82, 2.24) is 10.6 Å². The SMILES string of the molecule is CCc1ccc(C2NC(=O)NC(C)=C2C(=O)Nc2ccccc2C(F)(F)F)cc1. The number of halogens is 3. The summed E-state index contributed by atoms with van der Waals surface area (Å²) in [5.41, 5.74) is 0.877. The van der Waals surface area contributed by atoms with Crippen LogP contribution in [0.15, 0.2) is 59.8 Å². The Morgan fingerprint density at radius 1 is 1.10 bits per heavy atom. The van der Waals surface area contributed by atoms with E-state index in [0.717, 1.165) is 18.1 Å². The molecule has 0 saturated carbocycles. The fraction of sp³-hybridized carbons (Fsp3) is 0.238. The first-order valence-electron chi connectivity index (χ1n) is 9.05. The van der Waals surface area contributed by atoms with Crippen LogP contribution in [0.5, 0.6) is 0 Å². The van der Waals surface area contributed by atoms with Gasteiger partial charge in [-0.25, -0.2) is 4.79 Å². The lowest BCUT2D eigenvalue weighted by Gasteiger charge is -2.29. The second-order valence-electron chi connectivity index (χ2n) is 6.66. The van der Waals surface area contributed by atoms with Gasteiger partial charge in [0.2, 0.25) is 0 Å². The lowest BCUT2D eigenvalue weighted by molar-refractivity contribution is -0.137. The maximum Gasteiger partial charge on any atom is 0.418 e. The Morgan fingerprint density at radius 2 is 1.76 bits per heavy atom. The van der Waals surface area contributed by atoms with E-state index in [9.17, 15) is 22.8 Å². The van der Waals surface area contributed by atoms with Crippen molar-refractivity contribution < 1.29 is 22.8 Å². The van der Waals surface area contributed by atoms with Crippen LogP contribution in [0.1, 0.15) is 36.6 Å².